The lowest BCUT2D eigenvalue weighted by atomic mass is 10.0. The molecule has 0 saturated carbocycles. The van der Waals surface area contributed by atoms with E-state index >= 15 is 0 Å². The molecule has 0 spiro atoms. The van der Waals surface area contributed by atoms with Gasteiger partial charge < -0.3 is 19.9 Å². The van der Waals surface area contributed by atoms with Crippen molar-refractivity contribution in [1.29, 1.82) is 0 Å². The van der Waals surface area contributed by atoms with Crippen LogP contribution in [-0.4, -0.2) is 73.0 Å². The second-order valence-electron chi connectivity index (χ2n) is 6.69. The molecule has 1 aromatic rings. The minimum Gasteiger partial charge on any atom is -0.378 e. The van der Waals surface area contributed by atoms with Crippen molar-refractivity contribution < 1.29 is 9.53 Å². The molecule has 0 aliphatic carbocycles. The van der Waals surface area contributed by atoms with Crippen molar-refractivity contribution in [3.8, 4) is 0 Å². The van der Waals surface area contributed by atoms with E-state index in [0.29, 0.717) is 19.1 Å². The van der Waals surface area contributed by atoms with Crippen LogP contribution in [0.15, 0.2) is 12.1 Å². The lowest BCUT2D eigenvalue weighted by molar-refractivity contribution is -0.133. The van der Waals surface area contributed by atoms with Gasteiger partial charge in [-0.15, -0.1) is 29.9 Å². The molecule has 2 saturated heterocycles. The summed E-state index contributed by atoms with van der Waals surface area (Å²) in [4.78, 5) is 16.6. The van der Waals surface area contributed by atoms with Crippen molar-refractivity contribution in [3.05, 3.63) is 17.8 Å². The van der Waals surface area contributed by atoms with Gasteiger partial charge in [0.25, 0.3) is 0 Å². The minimum absolute atomic E-state index is 0. The molecule has 1 atom stereocenters. The summed E-state index contributed by atoms with van der Waals surface area (Å²) in [5.41, 5.74) is 0.924. The zero-order valence-corrected chi connectivity index (χ0v) is 17.0. The predicted molar refractivity (Wildman–Crippen MR) is 106 cm³/mol. The summed E-state index contributed by atoms with van der Waals surface area (Å²) in [6.07, 6.45) is 2.46. The van der Waals surface area contributed by atoms with Gasteiger partial charge in [0.1, 0.15) is 0 Å². The molecule has 3 heterocycles. The van der Waals surface area contributed by atoms with Crippen LogP contribution in [0.1, 0.15) is 25.0 Å². The lowest BCUT2D eigenvalue weighted by Crippen LogP contribution is -2.49. The first-order valence-electron chi connectivity index (χ1n) is 8.75. The third-order valence-corrected chi connectivity index (χ3v) is 4.93. The quantitative estimate of drug-likeness (QED) is 0.816. The predicted octanol–water partition coefficient (Wildman–Crippen LogP) is 1.43. The minimum atomic E-state index is 0. The fraction of sp³-hybridized carbons (Fsp3) is 0.706. The number of carbonyl (C=O) groups excluding carboxylic acids is 1. The number of nitrogens with one attached hydrogen (secondary N) is 1. The van der Waals surface area contributed by atoms with E-state index < -0.39 is 0 Å². The van der Waals surface area contributed by atoms with E-state index in [1.807, 2.05) is 24.0 Å². The summed E-state index contributed by atoms with van der Waals surface area (Å²) in [5.74, 6) is 1.13. The summed E-state index contributed by atoms with van der Waals surface area (Å²) in [6.45, 7) is 5.76. The highest BCUT2D eigenvalue weighted by Crippen LogP contribution is 2.20. The van der Waals surface area contributed by atoms with Gasteiger partial charge in [-0.05, 0) is 31.9 Å². The molecule has 1 aromatic heterocycles. The van der Waals surface area contributed by atoms with Gasteiger partial charge >= 0.3 is 0 Å². The van der Waals surface area contributed by atoms with Crippen LogP contribution in [0, 0.1) is 6.92 Å². The van der Waals surface area contributed by atoms with Crippen LogP contribution < -0.4 is 10.2 Å². The second kappa shape index (κ2) is 10.9. The number of hydrogen-bond donors (Lipinski definition) is 1. The largest absolute Gasteiger partial charge is 0.378 e. The first-order chi connectivity index (χ1) is 11.6. The number of carbonyl (C=O) groups is 1. The molecular weight excluding hydrogens is 377 g/mol. The molecule has 3 rings (SSSR count). The van der Waals surface area contributed by atoms with E-state index in [9.17, 15) is 4.79 Å². The number of nitrogens with zero attached hydrogens (tertiary/aromatic N) is 4. The molecule has 0 radical (unpaired) electrons. The Morgan fingerprint density at radius 3 is 2.62 bits per heavy atom. The molecule has 7 nitrogen and oxygen atoms in total. The fourth-order valence-corrected chi connectivity index (χ4v) is 3.36. The number of aromatic nitrogens is 2. The smallest absolute Gasteiger partial charge is 0.224 e. The summed E-state index contributed by atoms with van der Waals surface area (Å²) < 4.78 is 5.42. The Morgan fingerprint density at radius 2 is 2.04 bits per heavy atom. The molecule has 9 heteroatoms. The van der Waals surface area contributed by atoms with E-state index in [-0.39, 0.29) is 36.8 Å². The summed E-state index contributed by atoms with van der Waals surface area (Å²) in [5, 5.41) is 11.7. The topological polar surface area (TPSA) is 70.6 Å². The number of hydrogen-bond acceptors (Lipinski definition) is 6. The third-order valence-electron chi connectivity index (χ3n) is 4.93. The second-order valence-corrected chi connectivity index (χ2v) is 6.69. The lowest BCUT2D eigenvalue weighted by Gasteiger charge is -2.37. The number of likely N-dealkylation sites (tertiary alicyclic amines) is 1. The first-order valence-corrected chi connectivity index (χ1v) is 8.75. The highest BCUT2D eigenvalue weighted by Gasteiger charge is 2.27. The number of anilines is 1. The number of aryl methyl sites for hydroxylation is 1. The van der Waals surface area contributed by atoms with Crippen LogP contribution in [0.25, 0.3) is 0 Å². The normalized spacial score (nSPS) is 20.7. The van der Waals surface area contributed by atoms with E-state index in [1.165, 1.54) is 0 Å². The maximum absolute atomic E-state index is 12.4. The van der Waals surface area contributed by atoms with Gasteiger partial charge in [0.15, 0.2) is 5.82 Å². The average Bonchev–Trinajstić information content (AvgIpc) is 2.63. The molecule has 0 aromatic carbocycles. The Labute approximate surface area is 167 Å². The van der Waals surface area contributed by atoms with Gasteiger partial charge in [-0.1, -0.05) is 0 Å². The van der Waals surface area contributed by atoms with Crippen molar-refractivity contribution in [2.45, 2.75) is 38.3 Å². The van der Waals surface area contributed by atoms with Gasteiger partial charge in [0, 0.05) is 45.2 Å². The summed E-state index contributed by atoms with van der Waals surface area (Å²) >= 11 is 0. The molecule has 1 amide bonds. The number of rotatable bonds is 4. The monoisotopic (exact) mass is 405 g/mol. The number of halogens is 2. The maximum atomic E-state index is 12.4. The van der Waals surface area contributed by atoms with Gasteiger partial charge in [-0.3, -0.25) is 4.79 Å². The zero-order chi connectivity index (χ0) is 16.9. The molecule has 0 bridgehead atoms. The number of morpholine rings is 1. The van der Waals surface area contributed by atoms with Gasteiger partial charge in [0.2, 0.25) is 5.91 Å². The molecular formula is C17H29Cl2N5O2. The molecule has 1 unspecified atom stereocenters. The van der Waals surface area contributed by atoms with Gasteiger partial charge in [0.05, 0.1) is 18.9 Å². The molecule has 148 valence electrons. The molecule has 2 fully saturated rings. The summed E-state index contributed by atoms with van der Waals surface area (Å²) in [7, 11) is 2.06. The maximum Gasteiger partial charge on any atom is 0.224 e. The van der Waals surface area contributed by atoms with Crippen molar-refractivity contribution in [1.82, 2.24) is 20.4 Å². The number of piperidine rings is 1. The Hall–Kier alpha value is -1.15. The number of ether oxygens (including phenoxy) is 1. The van der Waals surface area contributed by atoms with Crippen LogP contribution in [-0.2, 0) is 9.53 Å². The van der Waals surface area contributed by atoms with Crippen molar-refractivity contribution in [2.75, 3.05) is 44.8 Å². The standard InChI is InChI=1S/C17H27N5O2.2ClH/c1-13-3-4-16(20-19-13)21(2)15-5-8-22(9-6-15)17(23)11-14-12-24-10-7-18-14;;/h3-4,14-15,18H,5-12H2,1-2H3;2*1H. The van der Waals surface area contributed by atoms with Crippen molar-refractivity contribution in [2.24, 2.45) is 0 Å². The van der Waals surface area contributed by atoms with Crippen LogP contribution >= 0.6 is 24.8 Å². The SMILES string of the molecule is Cc1ccc(N(C)C2CCN(C(=O)CC3COCCN3)CC2)nn1.Cl.Cl. The van der Waals surface area contributed by atoms with E-state index in [0.717, 1.165) is 50.6 Å². The molecule has 2 aliphatic heterocycles. The van der Waals surface area contributed by atoms with E-state index in [4.69, 9.17) is 4.74 Å². The third kappa shape index (κ3) is 5.94. The molecule has 2 aliphatic rings. The molecule has 1 N–H and O–H groups in total. The highest BCUT2D eigenvalue weighted by atomic mass is 35.5. The van der Waals surface area contributed by atoms with Crippen LogP contribution in [0.2, 0.25) is 0 Å². The van der Waals surface area contributed by atoms with Gasteiger partial charge in [-0.2, -0.15) is 5.10 Å². The average molecular weight is 406 g/mol. The first kappa shape index (κ1) is 22.9. The summed E-state index contributed by atoms with van der Waals surface area (Å²) in [6, 6.07) is 4.56. The van der Waals surface area contributed by atoms with Crippen molar-refractivity contribution >= 4 is 36.5 Å². The Morgan fingerprint density at radius 1 is 1.31 bits per heavy atom. The Balaban J connectivity index is 0.00000169. The van der Waals surface area contributed by atoms with Gasteiger partial charge in [-0.25, -0.2) is 0 Å². The van der Waals surface area contributed by atoms with Crippen LogP contribution in [0.4, 0.5) is 5.82 Å². The van der Waals surface area contributed by atoms with Crippen molar-refractivity contribution in [3.63, 3.8) is 0 Å². The van der Waals surface area contributed by atoms with Crippen LogP contribution in [0.5, 0.6) is 0 Å². The van der Waals surface area contributed by atoms with Crippen LogP contribution in [0.3, 0.4) is 0 Å². The Kier molecular flexibility index (Phi) is 9.57. The zero-order valence-electron chi connectivity index (χ0n) is 15.4. The molecule has 26 heavy (non-hydrogen) atoms. The fourth-order valence-electron chi connectivity index (χ4n) is 3.36. The van der Waals surface area contributed by atoms with E-state index in [2.05, 4.69) is 27.5 Å². The highest BCUT2D eigenvalue weighted by molar-refractivity contribution is 5.85. The number of amides is 1. The van der Waals surface area contributed by atoms with E-state index in [1.54, 1.807) is 0 Å². The Bertz CT molecular complexity index is 547.